The number of carbonyl (C=O) groups excluding carboxylic acids is 2. The van der Waals surface area contributed by atoms with E-state index >= 15 is 0 Å². The van der Waals surface area contributed by atoms with Crippen molar-refractivity contribution in [2.75, 3.05) is 4.90 Å². The molecule has 0 aliphatic rings. The van der Waals surface area contributed by atoms with Gasteiger partial charge in [-0.3, -0.25) is 14.6 Å². The van der Waals surface area contributed by atoms with Gasteiger partial charge in [0.1, 0.15) is 10.8 Å². The highest BCUT2D eigenvalue weighted by Crippen LogP contribution is 2.43. The number of pyridine rings is 1. The molecule has 1 aromatic carbocycles. The molecule has 3 rings (SSSR count). The molecule has 0 bridgehead atoms. The van der Waals surface area contributed by atoms with Gasteiger partial charge < -0.3 is 0 Å². The molecule has 6 heteroatoms. The van der Waals surface area contributed by atoms with Gasteiger partial charge in [0.15, 0.2) is 0 Å². The first-order valence-corrected chi connectivity index (χ1v) is 10.3. The SMILES string of the molecule is CC(C)C(=O)N(C(=O)C(C)C)c1cc(-c2ccncc2)c(-c2ccc(F)cc2)s1. The van der Waals surface area contributed by atoms with Gasteiger partial charge in [0.05, 0.1) is 0 Å². The predicted molar refractivity (Wildman–Crippen MR) is 115 cm³/mol. The second kappa shape index (κ2) is 8.66. The molecule has 4 nitrogen and oxygen atoms in total. The number of benzene rings is 1. The fourth-order valence-corrected chi connectivity index (χ4v) is 4.09. The summed E-state index contributed by atoms with van der Waals surface area (Å²) in [5.74, 6) is -1.44. The van der Waals surface area contributed by atoms with Crippen molar-refractivity contribution < 1.29 is 14.0 Å². The number of rotatable bonds is 5. The van der Waals surface area contributed by atoms with Crippen molar-refractivity contribution in [2.24, 2.45) is 11.8 Å². The molecule has 3 aromatic rings. The van der Waals surface area contributed by atoms with E-state index in [9.17, 15) is 14.0 Å². The van der Waals surface area contributed by atoms with Gasteiger partial charge in [-0.25, -0.2) is 9.29 Å². The first kappa shape index (κ1) is 20.9. The van der Waals surface area contributed by atoms with Crippen LogP contribution in [0, 0.1) is 17.7 Å². The number of halogens is 1. The number of amides is 2. The average molecular weight is 411 g/mol. The summed E-state index contributed by atoms with van der Waals surface area (Å²) in [7, 11) is 0. The number of imide groups is 1. The summed E-state index contributed by atoms with van der Waals surface area (Å²) in [6.07, 6.45) is 3.38. The Balaban J connectivity index is 2.20. The lowest BCUT2D eigenvalue weighted by Crippen LogP contribution is -2.41. The first-order valence-electron chi connectivity index (χ1n) is 9.47. The molecule has 0 N–H and O–H groups in total. The van der Waals surface area contributed by atoms with Crippen molar-refractivity contribution in [3.05, 3.63) is 60.7 Å². The minimum Gasteiger partial charge on any atom is -0.274 e. The molecule has 0 fully saturated rings. The third-order valence-electron chi connectivity index (χ3n) is 4.47. The van der Waals surface area contributed by atoms with Crippen LogP contribution in [0.25, 0.3) is 21.6 Å². The summed E-state index contributed by atoms with van der Waals surface area (Å²) in [6.45, 7) is 7.12. The van der Waals surface area contributed by atoms with Gasteiger partial charge in [0.25, 0.3) is 0 Å². The smallest absolute Gasteiger partial charge is 0.236 e. The van der Waals surface area contributed by atoms with Crippen molar-refractivity contribution >= 4 is 28.2 Å². The maximum absolute atomic E-state index is 13.4. The fourth-order valence-electron chi connectivity index (χ4n) is 2.89. The lowest BCUT2D eigenvalue weighted by Gasteiger charge is -2.23. The van der Waals surface area contributed by atoms with Gasteiger partial charge >= 0.3 is 0 Å². The van der Waals surface area contributed by atoms with E-state index in [0.717, 1.165) is 21.6 Å². The molecule has 0 unspecified atom stereocenters. The Morgan fingerprint density at radius 1 is 0.897 bits per heavy atom. The van der Waals surface area contributed by atoms with E-state index in [1.807, 2.05) is 18.2 Å². The zero-order valence-electron chi connectivity index (χ0n) is 16.8. The molecule has 29 heavy (non-hydrogen) atoms. The maximum Gasteiger partial charge on any atom is 0.236 e. The molecule has 0 saturated carbocycles. The maximum atomic E-state index is 13.4. The van der Waals surface area contributed by atoms with Crippen molar-refractivity contribution in [3.63, 3.8) is 0 Å². The standard InChI is InChI=1S/C23H23FN2O2S/c1-14(2)22(27)26(23(28)15(3)4)20-13-19(16-9-11-25-12-10-16)21(29-20)17-5-7-18(24)8-6-17/h5-15H,1-4H3. The van der Waals surface area contributed by atoms with Crippen molar-refractivity contribution in [1.82, 2.24) is 4.98 Å². The zero-order chi connectivity index (χ0) is 21.1. The molecule has 0 saturated heterocycles. The Labute approximate surface area is 174 Å². The quantitative estimate of drug-likeness (QED) is 0.535. The van der Waals surface area contributed by atoms with Crippen LogP contribution < -0.4 is 4.90 Å². The minimum absolute atomic E-state index is 0.239. The Bertz CT molecular complexity index is 991. The Morgan fingerprint density at radius 2 is 1.45 bits per heavy atom. The second-order valence-corrected chi connectivity index (χ2v) is 8.42. The second-order valence-electron chi connectivity index (χ2n) is 7.39. The number of aromatic nitrogens is 1. The summed E-state index contributed by atoms with van der Waals surface area (Å²) in [5.41, 5.74) is 2.61. The average Bonchev–Trinajstić information content (AvgIpc) is 3.14. The summed E-state index contributed by atoms with van der Waals surface area (Å²) in [5, 5.41) is 0.563. The van der Waals surface area contributed by atoms with Crippen LogP contribution in [0.4, 0.5) is 9.39 Å². The van der Waals surface area contributed by atoms with E-state index in [1.54, 1.807) is 52.2 Å². The number of carbonyl (C=O) groups is 2. The monoisotopic (exact) mass is 410 g/mol. The number of nitrogens with zero attached hydrogens (tertiary/aromatic N) is 2. The van der Waals surface area contributed by atoms with Crippen LogP contribution in [0.2, 0.25) is 0 Å². The molecule has 2 heterocycles. The van der Waals surface area contributed by atoms with Gasteiger partial charge in [-0.1, -0.05) is 39.8 Å². The van der Waals surface area contributed by atoms with Crippen molar-refractivity contribution in [3.8, 4) is 21.6 Å². The normalized spacial score (nSPS) is 11.1. The topological polar surface area (TPSA) is 50.3 Å². The third-order valence-corrected chi connectivity index (χ3v) is 5.64. The molecule has 2 aromatic heterocycles. The molecule has 2 amide bonds. The van der Waals surface area contributed by atoms with E-state index < -0.39 is 0 Å². The highest BCUT2D eigenvalue weighted by atomic mass is 32.1. The largest absolute Gasteiger partial charge is 0.274 e. The fraction of sp³-hybridized carbons (Fsp3) is 0.261. The summed E-state index contributed by atoms with van der Waals surface area (Å²) >= 11 is 1.35. The molecule has 0 atom stereocenters. The van der Waals surface area contributed by atoms with E-state index in [2.05, 4.69) is 4.98 Å². The van der Waals surface area contributed by atoms with Crippen LogP contribution in [0.1, 0.15) is 27.7 Å². The van der Waals surface area contributed by atoms with Gasteiger partial charge in [-0.2, -0.15) is 0 Å². The van der Waals surface area contributed by atoms with Gasteiger partial charge in [-0.05, 0) is 41.5 Å². The summed E-state index contributed by atoms with van der Waals surface area (Å²) < 4.78 is 13.4. The van der Waals surface area contributed by atoms with E-state index in [0.29, 0.717) is 5.00 Å². The lowest BCUT2D eigenvalue weighted by molar-refractivity contribution is -0.129. The zero-order valence-corrected chi connectivity index (χ0v) is 17.7. The van der Waals surface area contributed by atoms with Crippen molar-refractivity contribution in [1.29, 1.82) is 0 Å². The minimum atomic E-state index is -0.321. The van der Waals surface area contributed by atoms with E-state index in [-0.39, 0.29) is 29.5 Å². The lowest BCUT2D eigenvalue weighted by atomic mass is 10.0. The van der Waals surface area contributed by atoms with Crippen LogP contribution in [-0.4, -0.2) is 16.8 Å². The highest BCUT2D eigenvalue weighted by molar-refractivity contribution is 7.20. The highest BCUT2D eigenvalue weighted by Gasteiger charge is 2.30. The molecule has 0 aliphatic heterocycles. The van der Waals surface area contributed by atoms with Crippen LogP contribution in [0.15, 0.2) is 54.9 Å². The molecular formula is C23H23FN2O2S. The van der Waals surface area contributed by atoms with Crippen LogP contribution in [-0.2, 0) is 9.59 Å². The van der Waals surface area contributed by atoms with Crippen molar-refractivity contribution in [2.45, 2.75) is 27.7 Å². The van der Waals surface area contributed by atoms with Gasteiger partial charge in [0.2, 0.25) is 11.8 Å². The molecular weight excluding hydrogens is 387 g/mol. The Kier molecular flexibility index (Phi) is 6.23. The first-order chi connectivity index (χ1) is 13.8. The molecule has 150 valence electrons. The van der Waals surface area contributed by atoms with E-state index in [1.165, 1.54) is 28.4 Å². The van der Waals surface area contributed by atoms with Gasteiger partial charge in [0, 0.05) is 34.7 Å². The Morgan fingerprint density at radius 3 is 1.97 bits per heavy atom. The third kappa shape index (κ3) is 4.43. The number of anilines is 1. The van der Waals surface area contributed by atoms with Crippen LogP contribution >= 0.6 is 11.3 Å². The number of hydrogen-bond acceptors (Lipinski definition) is 4. The van der Waals surface area contributed by atoms with Crippen LogP contribution in [0.5, 0.6) is 0 Å². The number of thiophene rings is 1. The van der Waals surface area contributed by atoms with Crippen LogP contribution in [0.3, 0.4) is 0 Å². The molecule has 0 radical (unpaired) electrons. The summed E-state index contributed by atoms with van der Waals surface area (Å²) in [6, 6.07) is 11.8. The molecule has 0 spiro atoms. The predicted octanol–water partition coefficient (Wildman–Crippen LogP) is 5.79. The molecule has 0 aliphatic carbocycles. The van der Waals surface area contributed by atoms with E-state index in [4.69, 9.17) is 0 Å². The van der Waals surface area contributed by atoms with Gasteiger partial charge in [-0.15, -0.1) is 11.3 Å². The number of hydrogen-bond donors (Lipinski definition) is 0. The Hall–Kier alpha value is -2.86. The summed E-state index contributed by atoms with van der Waals surface area (Å²) in [4.78, 5) is 32.0.